The van der Waals surface area contributed by atoms with Crippen molar-refractivity contribution in [3.8, 4) is 17.3 Å². The Bertz CT molecular complexity index is 1090. The van der Waals surface area contributed by atoms with Crippen molar-refractivity contribution < 1.29 is 4.79 Å². The van der Waals surface area contributed by atoms with E-state index >= 15 is 0 Å². The van der Waals surface area contributed by atoms with Crippen LogP contribution in [0.2, 0.25) is 0 Å². The molecule has 27 heavy (non-hydrogen) atoms. The molecule has 0 saturated heterocycles. The van der Waals surface area contributed by atoms with Crippen LogP contribution in [0.5, 0.6) is 0 Å². The van der Waals surface area contributed by atoms with E-state index in [1.165, 1.54) is 6.07 Å². The maximum absolute atomic E-state index is 12.3. The Morgan fingerprint density at radius 3 is 2.56 bits per heavy atom. The highest BCUT2D eigenvalue weighted by atomic mass is 16.2. The van der Waals surface area contributed by atoms with Gasteiger partial charge in [0, 0.05) is 17.3 Å². The average Bonchev–Trinajstić information content (AvgIpc) is 2.66. The van der Waals surface area contributed by atoms with E-state index in [0.29, 0.717) is 16.9 Å². The lowest BCUT2D eigenvalue weighted by Crippen LogP contribution is -2.29. The summed E-state index contributed by atoms with van der Waals surface area (Å²) in [5.41, 5.74) is 4.41. The van der Waals surface area contributed by atoms with Gasteiger partial charge in [-0.1, -0.05) is 17.7 Å². The lowest BCUT2D eigenvalue weighted by Gasteiger charge is -2.10. The normalized spacial score (nSPS) is 10.3. The maximum atomic E-state index is 12.3. The summed E-state index contributed by atoms with van der Waals surface area (Å²) in [6.07, 6.45) is 0. The SMILES string of the molecule is Cc1ccc(C)c(-c2ccc(=O)n(CC(=O)Nc3ccc(C#N)cc3)n2)c1. The van der Waals surface area contributed by atoms with E-state index in [-0.39, 0.29) is 18.0 Å². The van der Waals surface area contributed by atoms with Crippen molar-refractivity contribution in [2.24, 2.45) is 0 Å². The van der Waals surface area contributed by atoms with E-state index in [2.05, 4.69) is 10.4 Å². The zero-order valence-corrected chi connectivity index (χ0v) is 15.1. The van der Waals surface area contributed by atoms with Gasteiger partial charge in [-0.3, -0.25) is 9.59 Å². The maximum Gasteiger partial charge on any atom is 0.267 e. The fraction of sp³-hybridized carbons (Fsp3) is 0.143. The van der Waals surface area contributed by atoms with Crippen LogP contribution in [0.3, 0.4) is 0 Å². The highest BCUT2D eigenvalue weighted by Crippen LogP contribution is 2.21. The molecule has 0 saturated carbocycles. The number of hydrogen-bond donors (Lipinski definition) is 1. The summed E-state index contributed by atoms with van der Waals surface area (Å²) >= 11 is 0. The lowest BCUT2D eigenvalue weighted by molar-refractivity contribution is -0.117. The minimum Gasteiger partial charge on any atom is -0.324 e. The van der Waals surface area contributed by atoms with Gasteiger partial charge >= 0.3 is 0 Å². The Morgan fingerprint density at radius 1 is 1.11 bits per heavy atom. The quantitative estimate of drug-likeness (QED) is 0.776. The van der Waals surface area contributed by atoms with Crippen molar-refractivity contribution >= 4 is 11.6 Å². The molecule has 0 bridgehead atoms. The van der Waals surface area contributed by atoms with E-state index < -0.39 is 0 Å². The van der Waals surface area contributed by atoms with Gasteiger partial charge in [-0.2, -0.15) is 10.4 Å². The minimum atomic E-state index is -0.368. The number of carbonyl (C=O) groups excluding carboxylic acids is 1. The third-order valence-electron chi connectivity index (χ3n) is 4.13. The summed E-state index contributed by atoms with van der Waals surface area (Å²) in [6, 6.07) is 17.6. The fourth-order valence-electron chi connectivity index (χ4n) is 2.68. The first-order valence-corrected chi connectivity index (χ1v) is 8.42. The first-order chi connectivity index (χ1) is 13.0. The first-order valence-electron chi connectivity index (χ1n) is 8.42. The summed E-state index contributed by atoms with van der Waals surface area (Å²) in [5, 5.41) is 15.9. The highest BCUT2D eigenvalue weighted by Gasteiger charge is 2.10. The van der Waals surface area contributed by atoms with Crippen LogP contribution in [0.15, 0.2) is 59.4 Å². The predicted molar refractivity (Wildman–Crippen MR) is 103 cm³/mol. The Kier molecular flexibility index (Phi) is 5.13. The second-order valence-corrected chi connectivity index (χ2v) is 6.27. The number of rotatable bonds is 4. The van der Waals surface area contributed by atoms with E-state index in [4.69, 9.17) is 5.26 Å². The molecule has 1 aromatic heterocycles. The second-order valence-electron chi connectivity index (χ2n) is 6.27. The summed E-state index contributed by atoms with van der Waals surface area (Å²) in [7, 11) is 0. The van der Waals surface area contributed by atoms with Crippen LogP contribution in [0, 0.1) is 25.2 Å². The van der Waals surface area contributed by atoms with Crippen LogP contribution < -0.4 is 10.9 Å². The molecule has 0 unspecified atom stereocenters. The molecule has 0 aliphatic carbocycles. The van der Waals surface area contributed by atoms with Gasteiger partial charge in [0.1, 0.15) is 6.54 Å². The number of nitrogens with zero attached hydrogens (tertiary/aromatic N) is 3. The number of nitrogens with one attached hydrogen (secondary N) is 1. The third-order valence-corrected chi connectivity index (χ3v) is 4.13. The van der Waals surface area contributed by atoms with Gasteiger partial charge in [-0.05, 0) is 55.8 Å². The molecule has 134 valence electrons. The summed E-state index contributed by atoms with van der Waals surface area (Å²) in [5.74, 6) is -0.368. The third kappa shape index (κ3) is 4.28. The number of anilines is 1. The highest BCUT2D eigenvalue weighted by molar-refractivity contribution is 5.90. The molecule has 3 aromatic rings. The Hall–Kier alpha value is -3.72. The number of aryl methyl sites for hydroxylation is 2. The monoisotopic (exact) mass is 358 g/mol. The lowest BCUT2D eigenvalue weighted by atomic mass is 10.0. The molecule has 0 aliphatic heterocycles. The van der Waals surface area contributed by atoms with Crippen molar-refractivity contribution in [1.82, 2.24) is 9.78 Å². The van der Waals surface area contributed by atoms with Crippen molar-refractivity contribution in [1.29, 1.82) is 5.26 Å². The smallest absolute Gasteiger partial charge is 0.267 e. The van der Waals surface area contributed by atoms with Crippen LogP contribution >= 0.6 is 0 Å². The Morgan fingerprint density at radius 2 is 1.85 bits per heavy atom. The van der Waals surface area contributed by atoms with Crippen molar-refractivity contribution in [2.45, 2.75) is 20.4 Å². The molecular weight excluding hydrogens is 340 g/mol. The molecule has 6 heteroatoms. The zero-order valence-electron chi connectivity index (χ0n) is 15.1. The van der Waals surface area contributed by atoms with Crippen LogP contribution in [-0.2, 0) is 11.3 Å². The van der Waals surface area contributed by atoms with Gasteiger partial charge in [0.05, 0.1) is 17.3 Å². The Balaban J connectivity index is 1.82. The van der Waals surface area contributed by atoms with E-state index in [9.17, 15) is 9.59 Å². The predicted octanol–water partition coefficient (Wildman–Crippen LogP) is 3.04. The van der Waals surface area contributed by atoms with Gasteiger partial charge in [-0.25, -0.2) is 4.68 Å². The summed E-state index contributed by atoms with van der Waals surface area (Å²) in [4.78, 5) is 24.4. The standard InChI is InChI=1S/C21H18N4O2/c1-14-3-4-15(2)18(11-14)19-9-10-21(27)25(24-19)13-20(26)23-17-7-5-16(12-22)6-8-17/h3-11H,13H2,1-2H3,(H,23,26). The molecule has 0 fully saturated rings. The topological polar surface area (TPSA) is 87.8 Å². The largest absolute Gasteiger partial charge is 0.324 e. The first kappa shape index (κ1) is 18.1. The van der Waals surface area contributed by atoms with Crippen molar-refractivity contribution in [2.75, 3.05) is 5.32 Å². The van der Waals surface area contributed by atoms with Gasteiger partial charge in [0.25, 0.3) is 5.56 Å². The minimum absolute atomic E-state index is 0.197. The average molecular weight is 358 g/mol. The van der Waals surface area contributed by atoms with E-state index in [0.717, 1.165) is 21.4 Å². The van der Waals surface area contributed by atoms with Gasteiger partial charge in [0.15, 0.2) is 0 Å². The van der Waals surface area contributed by atoms with Crippen molar-refractivity contribution in [3.05, 3.63) is 81.6 Å². The van der Waals surface area contributed by atoms with Crippen LogP contribution in [0.25, 0.3) is 11.3 Å². The molecule has 6 nitrogen and oxygen atoms in total. The molecule has 0 atom stereocenters. The summed E-state index contributed by atoms with van der Waals surface area (Å²) < 4.78 is 1.15. The fourth-order valence-corrected chi connectivity index (χ4v) is 2.68. The van der Waals surface area contributed by atoms with Gasteiger partial charge < -0.3 is 5.32 Å². The van der Waals surface area contributed by atoms with Crippen molar-refractivity contribution in [3.63, 3.8) is 0 Å². The molecule has 0 spiro atoms. The van der Waals surface area contributed by atoms with Gasteiger partial charge in [0.2, 0.25) is 5.91 Å². The molecule has 1 amide bonds. The van der Waals surface area contributed by atoms with Crippen LogP contribution in [0.1, 0.15) is 16.7 Å². The van der Waals surface area contributed by atoms with E-state index in [1.807, 2.05) is 38.1 Å². The molecule has 2 aromatic carbocycles. The molecule has 0 aliphatic rings. The second kappa shape index (κ2) is 7.67. The number of benzene rings is 2. The Labute approximate surface area is 156 Å². The molecule has 3 rings (SSSR count). The molecule has 1 heterocycles. The number of aromatic nitrogens is 2. The molecular formula is C21H18N4O2. The van der Waals surface area contributed by atoms with Crippen LogP contribution in [0.4, 0.5) is 5.69 Å². The zero-order chi connectivity index (χ0) is 19.4. The summed E-state index contributed by atoms with van der Waals surface area (Å²) in [6.45, 7) is 3.77. The van der Waals surface area contributed by atoms with Crippen LogP contribution in [-0.4, -0.2) is 15.7 Å². The number of nitriles is 1. The van der Waals surface area contributed by atoms with Gasteiger partial charge in [-0.15, -0.1) is 0 Å². The number of hydrogen-bond acceptors (Lipinski definition) is 4. The molecule has 0 radical (unpaired) electrons. The number of amides is 1. The molecule has 1 N–H and O–H groups in total. The number of carbonyl (C=O) groups is 1. The van der Waals surface area contributed by atoms with E-state index in [1.54, 1.807) is 30.3 Å².